The average molecular weight is 321 g/mol. The second-order valence-corrected chi connectivity index (χ2v) is 6.59. The molecule has 0 heterocycles. The van der Waals surface area contributed by atoms with E-state index >= 15 is 0 Å². The number of sulfonamides is 1. The fraction of sp³-hybridized carbons (Fsp3) is 0.417. The van der Waals surface area contributed by atoms with Crippen molar-refractivity contribution in [3.8, 4) is 5.75 Å². The first-order valence-corrected chi connectivity index (χ1v) is 7.84. The average Bonchev–Trinajstić information content (AvgIpc) is 2.33. The second kappa shape index (κ2) is 6.92. The van der Waals surface area contributed by atoms with E-state index in [-0.39, 0.29) is 28.2 Å². The number of nitrogens with two attached hydrogens (primary N) is 1. The molecule has 0 spiro atoms. The number of carbonyl (C=O) groups excluding carboxylic acids is 1. The Hall–Kier alpha value is -1.31. The van der Waals surface area contributed by atoms with E-state index in [0.29, 0.717) is 12.5 Å². The van der Waals surface area contributed by atoms with Crippen molar-refractivity contribution in [2.45, 2.75) is 18.7 Å². The van der Waals surface area contributed by atoms with Crippen LogP contribution in [0.4, 0.5) is 0 Å². The van der Waals surface area contributed by atoms with Crippen LogP contribution in [0.25, 0.3) is 0 Å². The van der Waals surface area contributed by atoms with Gasteiger partial charge in [0.1, 0.15) is 5.75 Å². The van der Waals surface area contributed by atoms with Gasteiger partial charge < -0.3 is 10.1 Å². The first-order chi connectivity index (χ1) is 9.20. The van der Waals surface area contributed by atoms with Gasteiger partial charge in [-0.3, -0.25) is 4.79 Å². The number of benzene rings is 1. The maximum Gasteiger partial charge on any atom is 0.257 e. The lowest BCUT2D eigenvalue weighted by Gasteiger charge is -2.10. The molecular formula is C12H17ClN2O4S. The van der Waals surface area contributed by atoms with Gasteiger partial charge in [0.15, 0.2) is 6.61 Å². The van der Waals surface area contributed by atoms with Crippen molar-refractivity contribution < 1.29 is 17.9 Å². The van der Waals surface area contributed by atoms with Crippen LogP contribution in [0.15, 0.2) is 23.1 Å². The van der Waals surface area contributed by atoms with Crippen LogP contribution in [0.2, 0.25) is 5.02 Å². The molecule has 0 aromatic heterocycles. The molecule has 0 saturated carbocycles. The molecule has 112 valence electrons. The highest BCUT2D eigenvalue weighted by Gasteiger charge is 2.12. The molecule has 0 unspecified atom stereocenters. The van der Waals surface area contributed by atoms with Gasteiger partial charge in [0.25, 0.3) is 5.91 Å². The van der Waals surface area contributed by atoms with Crippen LogP contribution in [0.1, 0.15) is 13.8 Å². The van der Waals surface area contributed by atoms with E-state index in [1.807, 2.05) is 13.8 Å². The lowest BCUT2D eigenvalue weighted by molar-refractivity contribution is -0.123. The Kier molecular flexibility index (Phi) is 5.79. The minimum absolute atomic E-state index is 0.0770. The third-order valence-electron chi connectivity index (χ3n) is 2.30. The summed E-state index contributed by atoms with van der Waals surface area (Å²) in [7, 11) is -3.81. The molecule has 8 heteroatoms. The topological polar surface area (TPSA) is 98.5 Å². The van der Waals surface area contributed by atoms with Crippen molar-refractivity contribution in [1.82, 2.24) is 5.32 Å². The Morgan fingerprint density at radius 1 is 1.45 bits per heavy atom. The highest BCUT2D eigenvalue weighted by molar-refractivity contribution is 7.89. The number of carbonyl (C=O) groups is 1. The third-order valence-corrected chi connectivity index (χ3v) is 3.50. The van der Waals surface area contributed by atoms with Crippen LogP contribution in [0.5, 0.6) is 5.75 Å². The summed E-state index contributed by atoms with van der Waals surface area (Å²) < 4.78 is 27.5. The van der Waals surface area contributed by atoms with Gasteiger partial charge in [-0.2, -0.15) is 0 Å². The zero-order valence-corrected chi connectivity index (χ0v) is 12.8. The van der Waals surface area contributed by atoms with Gasteiger partial charge in [-0.15, -0.1) is 0 Å². The molecular weight excluding hydrogens is 304 g/mol. The number of primary sulfonamides is 1. The van der Waals surface area contributed by atoms with E-state index in [0.717, 1.165) is 0 Å². The van der Waals surface area contributed by atoms with Crippen molar-refractivity contribution in [3.05, 3.63) is 23.2 Å². The highest BCUT2D eigenvalue weighted by Crippen LogP contribution is 2.26. The minimum Gasteiger partial charge on any atom is -0.482 e. The molecule has 1 aromatic carbocycles. The van der Waals surface area contributed by atoms with E-state index in [1.54, 1.807) is 0 Å². The Bertz CT molecular complexity index is 587. The smallest absolute Gasteiger partial charge is 0.257 e. The van der Waals surface area contributed by atoms with Crippen molar-refractivity contribution >= 4 is 27.5 Å². The Morgan fingerprint density at radius 3 is 2.60 bits per heavy atom. The predicted octanol–water partition coefficient (Wildman–Crippen LogP) is 1.14. The number of hydrogen-bond acceptors (Lipinski definition) is 4. The normalized spacial score (nSPS) is 11.4. The van der Waals surface area contributed by atoms with E-state index < -0.39 is 10.0 Å². The van der Waals surface area contributed by atoms with Gasteiger partial charge in [0.05, 0.1) is 9.92 Å². The summed E-state index contributed by atoms with van der Waals surface area (Å²) >= 11 is 5.87. The molecule has 0 radical (unpaired) electrons. The zero-order chi connectivity index (χ0) is 15.3. The Balaban J connectivity index is 2.64. The van der Waals surface area contributed by atoms with Gasteiger partial charge in [-0.05, 0) is 24.1 Å². The molecule has 0 fully saturated rings. The molecule has 0 bridgehead atoms. The number of rotatable bonds is 6. The minimum atomic E-state index is -3.81. The van der Waals surface area contributed by atoms with Crippen LogP contribution in [-0.4, -0.2) is 27.5 Å². The number of nitrogens with one attached hydrogen (secondary N) is 1. The monoisotopic (exact) mass is 320 g/mol. The molecule has 20 heavy (non-hydrogen) atoms. The Labute approximate surface area is 123 Å². The lowest BCUT2D eigenvalue weighted by Crippen LogP contribution is -2.31. The van der Waals surface area contributed by atoms with Gasteiger partial charge in [0.2, 0.25) is 10.0 Å². The van der Waals surface area contributed by atoms with E-state index in [4.69, 9.17) is 21.5 Å². The van der Waals surface area contributed by atoms with E-state index in [2.05, 4.69) is 5.32 Å². The van der Waals surface area contributed by atoms with Gasteiger partial charge in [0, 0.05) is 6.54 Å². The van der Waals surface area contributed by atoms with Crippen LogP contribution < -0.4 is 15.2 Å². The molecule has 1 rings (SSSR count). The van der Waals surface area contributed by atoms with E-state index in [1.165, 1.54) is 18.2 Å². The largest absolute Gasteiger partial charge is 0.482 e. The van der Waals surface area contributed by atoms with Crippen molar-refractivity contribution in [2.24, 2.45) is 11.1 Å². The molecule has 3 N–H and O–H groups in total. The molecule has 0 atom stereocenters. The summed E-state index contributed by atoms with van der Waals surface area (Å²) in [5, 5.41) is 7.74. The standard InChI is InChI=1S/C12H17ClN2O4S/c1-8(2)6-15-12(16)7-19-11-4-3-9(5-10(11)13)20(14,17)18/h3-5,8H,6-7H2,1-2H3,(H,15,16)(H2,14,17,18). The van der Waals surface area contributed by atoms with Crippen molar-refractivity contribution in [3.63, 3.8) is 0 Å². The highest BCUT2D eigenvalue weighted by atomic mass is 35.5. The van der Waals surface area contributed by atoms with Gasteiger partial charge in [-0.25, -0.2) is 13.6 Å². The van der Waals surface area contributed by atoms with Gasteiger partial charge >= 0.3 is 0 Å². The summed E-state index contributed by atoms with van der Waals surface area (Å²) in [6.45, 7) is 4.31. The number of hydrogen-bond donors (Lipinski definition) is 2. The molecule has 0 saturated heterocycles. The first kappa shape index (κ1) is 16.7. The van der Waals surface area contributed by atoms with Crippen molar-refractivity contribution in [2.75, 3.05) is 13.2 Å². The maximum atomic E-state index is 11.5. The van der Waals surface area contributed by atoms with Gasteiger partial charge in [-0.1, -0.05) is 25.4 Å². The molecule has 1 aromatic rings. The Morgan fingerprint density at radius 2 is 2.10 bits per heavy atom. The summed E-state index contributed by atoms with van der Waals surface area (Å²) in [6.07, 6.45) is 0. The number of halogens is 1. The second-order valence-electron chi connectivity index (χ2n) is 4.62. The number of amides is 1. The summed E-state index contributed by atoms with van der Waals surface area (Å²) in [5.74, 6) is 0.292. The molecule has 0 aliphatic rings. The predicted molar refractivity (Wildman–Crippen MR) is 76.2 cm³/mol. The van der Waals surface area contributed by atoms with E-state index in [9.17, 15) is 13.2 Å². The quantitative estimate of drug-likeness (QED) is 0.821. The fourth-order valence-corrected chi connectivity index (χ4v) is 2.13. The first-order valence-electron chi connectivity index (χ1n) is 5.92. The van der Waals surface area contributed by atoms with Crippen LogP contribution in [0, 0.1) is 5.92 Å². The van der Waals surface area contributed by atoms with Crippen LogP contribution in [0.3, 0.4) is 0 Å². The van der Waals surface area contributed by atoms with Crippen molar-refractivity contribution in [1.29, 1.82) is 0 Å². The molecule has 0 aliphatic carbocycles. The third kappa shape index (κ3) is 5.36. The lowest BCUT2D eigenvalue weighted by atomic mass is 10.2. The summed E-state index contributed by atoms with van der Waals surface area (Å²) in [5.41, 5.74) is 0. The van der Waals surface area contributed by atoms with Crippen LogP contribution in [-0.2, 0) is 14.8 Å². The summed E-state index contributed by atoms with van der Waals surface area (Å²) in [6, 6.07) is 3.80. The summed E-state index contributed by atoms with van der Waals surface area (Å²) in [4.78, 5) is 11.4. The number of ether oxygens (including phenoxy) is 1. The van der Waals surface area contributed by atoms with Crippen LogP contribution >= 0.6 is 11.6 Å². The fourth-order valence-electron chi connectivity index (χ4n) is 1.29. The zero-order valence-electron chi connectivity index (χ0n) is 11.2. The maximum absolute atomic E-state index is 11.5. The molecule has 1 amide bonds. The SMILES string of the molecule is CC(C)CNC(=O)COc1ccc(S(N)(=O)=O)cc1Cl. The molecule has 0 aliphatic heterocycles. The molecule has 6 nitrogen and oxygen atoms in total.